The van der Waals surface area contributed by atoms with Crippen molar-refractivity contribution in [2.45, 2.75) is 48.9 Å². The largest absolute Gasteiger partial charge is 0.396 e. The zero-order valence-corrected chi connectivity index (χ0v) is 24.0. The minimum absolute atomic E-state index is 0.0118. The smallest absolute Gasteiger partial charge is 0.248 e. The van der Waals surface area contributed by atoms with Crippen LogP contribution in [0, 0.1) is 17.8 Å². The van der Waals surface area contributed by atoms with Crippen LogP contribution in [0.25, 0.3) is 11.0 Å². The second kappa shape index (κ2) is 11.4. The maximum atomic E-state index is 14.6. The molecule has 4 heterocycles. The van der Waals surface area contributed by atoms with Crippen LogP contribution in [-0.2, 0) is 21.1 Å². The molecule has 10 nitrogen and oxygen atoms in total. The quantitative estimate of drug-likeness (QED) is 0.310. The van der Waals surface area contributed by atoms with Gasteiger partial charge in [-0.15, -0.1) is 30.0 Å². The molecule has 0 aliphatic carbocycles. The van der Waals surface area contributed by atoms with E-state index in [2.05, 4.69) is 30.4 Å². The number of likely N-dealkylation sites (tertiary alicyclic amines) is 1. The van der Waals surface area contributed by atoms with Gasteiger partial charge in [0.25, 0.3) is 0 Å². The molecule has 3 unspecified atom stereocenters. The van der Waals surface area contributed by atoms with Crippen molar-refractivity contribution < 1.29 is 19.5 Å². The maximum absolute atomic E-state index is 14.6. The standard InChI is InChI=1S/C29H38N6O4S/c1-5-13-32(4)26(37)23-22-17-19(3)29(40-22)24(23)27(38)34(15-9-10-16-36)25(29)28(39)33(14-6-2)18-35-21-12-8-7-11-20(21)30-31-35/h5-8,11-12,19,22-25,36H,1-2,9-10,13-18H2,3-4H3/t19?,22-,23+,24-,25?,29?/m0/s1. The SMILES string of the molecule is C=CCN(C)C(=O)[C@@H]1[C@@H]2CC(C)C3(S2)C(C(=O)N(CC=C)Cn2nnc4ccccc42)N(CCCCO)C(=O)[C@H]13. The second-order valence-electron chi connectivity index (χ2n) is 11.1. The van der Waals surface area contributed by atoms with Crippen LogP contribution < -0.4 is 0 Å². The number of fused-ring (bicyclic) bond motifs is 2. The van der Waals surface area contributed by atoms with E-state index in [1.165, 1.54) is 0 Å². The molecule has 0 saturated carbocycles. The molecule has 1 N–H and O–H groups in total. The van der Waals surface area contributed by atoms with E-state index in [1.54, 1.807) is 50.3 Å². The van der Waals surface area contributed by atoms with Crippen molar-refractivity contribution in [3.05, 3.63) is 49.6 Å². The Morgan fingerprint density at radius 1 is 1.20 bits per heavy atom. The van der Waals surface area contributed by atoms with Gasteiger partial charge in [-0.1, -0.05) is 36.4 Å². The van der Waals surface area contributed by atoms with E-state index in [1.807, 2.05) is 24.3 Å². The number of amides is 3. The third-order valence-corrected chi connectivity index (χ3v) is 10.8. The van der Waals surface area contributed by atoms with E-state index in [4.69, 9.17) is 0 Å². The predicted molar refractivity (Wildman–Crippen MR) is 154 cm³/mol. The lowest BCUT2D eigenvalue weighted by atomic mass is 9.65. The number of nitrogens with zero attached hydrogens (tertiary/aromatic N) is 6. The Morgan fingerprint density at radius 2 is 1.95 bits per heavy atom. The highest BCUT2D eigenvalue weighted by Gasteiger charge is 2.76. The number of aliphatic hydroxyl groups is 1. The molecule has 11 heteroatoms. The molecule has 2 bridgehead atoms. The van der Waals surface area contributed by atoms with Gasteiger partial charge in [0.2, 0.25) is 17.7 Å². The van der Waals surface area contributed by atoms with Crippen molar-refractivity contribution in [2.24, 2.45) is 17.8 Å². The highest BCUT2D eigenvalue weighted by atomic mass is 32.2. The van der Waals surface area contributed by atoms with Gasteiger partial charge in [0.05, 0.1) is 22.1 Å². The number of thioether (sulfide) groups is 1. The predicted octanol–water partition coefficient (Wildman–Crippen LogP) is 2.16. The fourth-order valence-corrected chi connectivity index (χ4v) is 9.39. The third kappa shape index (κ3) is 4.43. The molecule has 3 saturated heterocycles. The van der Waals surface area contributed by atoms with Crippen molar-refractivity contribution in [1.82, 2.24) is 29.7 Å². The molecule has 2 aromatic rings. The van der Waals surface area contributed by atoms with Crippen LogP contribution in [0.2, 0.25) is 0 Å². The summed E-state index contributed by atoms with van der Waals surface area (Å²) in [4.78, 5) is 47.5. The van der Waals surface area contributed by atoms with Crippen molar-refractivity contribution in [2.75, 3.05) is 33.3 Å². The number of hydrogen-bond donors (Lipinski definition) is 1. The molecule has 3 amide bonds. The zero-order chi connectivity index (χ0) is 28.6. The number of para-hydroxylation sites is 1. The average molecular weight is 567 g/mol. The van der Waals surface area contributed by atoms with Crippen molar-refractivity contribution >= 4 is 40.5 Å². The lowest BCUT2D eigenvalue weighted by molar-refractivity contribution is -0.144. The Labute approximate surface area is 239 Å². The summed E-state index contributed by atoms with van der Waals surface area (Å²) in [5, 5.41) is 17.9. The van der Waals surface area contributed by atoms with Crippen LogP contribution >= 0.6 is 11.8 Å². The number of hydrogen-bond acceptors (Lipinski definition) is 7. The van der Waals surface area contributed by atoms with Gasteiger partial charge in [-0.05, 0) is 37.3 Å². The number of rotatable bonds is 12. The summed E-state index contributed by atoms with van der Waals surface area (Å²) >= 11 is 1.67. The molecule has 1 aromatic carbocycles. The van der Waals surface area contributed by atoms with Crippen LogP contribution in [0.15, 0.2) is 49.6 Å². The number of aromatic nitrogens is 3. The molecule has 3 fully saturated rings. The van der Waals surface area contributed by atoms with Gasteiger partial charge < -0.3 is 19.8 Å². The fourth-order valence-electron chi connectivity index (χ4n) is 6.98. The molecule has 6 atom stereocenters. The number of carbonyl (C=O) groups excluding carboxylic acids is 3. The van der Waals surface area contributed by atoms with E-state index >= 15 is 0 Å². The summed E-state index contributed by atoms with van der Waals surface area (Å²) in [6.07, 6.45) is 5.23. The van der Waals surface area contributed by atoms with Crippen LogP contribution in [0.3, 0.4) is 0 Å². The van der Waals surface area contributed by atoms with Gasteiger partial charge in [-0.2, -0.15) is 0 Å². The molecule has 0 radical (unpaired) electrons. The molecule has 3 aliphatic rings. The Morgan fingerprint density at radius 3 is 2.67 bits per heavy atom. The third-order valence-electron chi connectivity index (χ3n) is 8.74. The van der Waals surface area contributed by atoms with E-state index in [0.29, 0.717) is 25.9 Å². The normalized spacial score (nSPS) is 28.6. The summed E-state index contributed by atoms with van der Waals surface area (Å²) in [5.41, 5.74) is 1.54. The van der Waals surface area contributed by atoms with Crippen molar-refractivity contribution in [3.63, 3.8) is 0 Å². The van der Waals surface area contributed by atoms with Crippen LogP contribution in [0.5, 0.6) is 0 Å². The lowest BCUT2D eigenvalue weighted by Gasteiger charge is -2.40. The molecule has 5 rings (SSSR count). The molecule has 3 aliphatic heterocycles. The zero-order valence-electron chi connectivity index (χ0n) is 23.2. The maximum Gasteiger partial charge on any atom is 0.248 e. The Kier molecular flexibility index (Phi) is 8.05. The fraction of sp³-hybridized carbons (Fsp3) is 0.552. The Hall–Kier alpha value is -3.18. The molecule has 1 spiro atoms. The lowest BCUT2D eigenvalue weighted by Crippen LogP contribution is -2.57. The van der Waals surface area contributed by atoms with Crippen LogP contribution in [0.1, 0.15) is 26.2 Å². The number of likely N-dealkylation sites (N-methyl/N-ethyl adjacent to an activating group) is 1. The highest BCUT2D eigenvalue weighted by Crippen LogP contribution is 2.68. The number of carbonyl (C=O) groups is 3. The molecular weight excluding hydrogens is 528 g/mol. The van der Waals surface area contributed by atoms with Crippen molar-refractivity contribution in [1.29, 1.82) is 0 Å². The van der Waals surface area contributed by atoms with Crippen molar-refractivity contribution in [3.8, 4) is 0 Å². The van der Waals surface area contributed by atoms with E-state index in [0.717, 1.165) is 17.5 Å². The first-order chi connectivity index (χ1) is 19.3. The van der Waals surface area contributed by atoms with Gasteiger partial charge in [-0.25, -0.2) is 4.68 Å². The average Bonchev–Trinajstić information content (AvgIpc) is 3.66. The van der Waals surface area contributed by atoms with Gasteiger partial charge in [-0.3, -0.25) is 14.4 Å². The summed E-state index contributed by atoms with van der Waals surface area (Å²) in [6, 6.07) is 6.84. The van der Waals surface area contributed by atoms with Crippen LogP contribution in [0.4, 0.5) is 0 Å². The topological polar surface area (TPSA) is 112 Å². The molecule has 40 heavy (non-hydrogen) atoms. The Balaban J connectivity index is 1.53. The summed E-state index contributed by atoms with van der Waals surface area (Å²) < 4.78 is 0.981. The molecule has 214 valence electrons. The van der Waals surface area contributed by atoms with E-state index in [-0.39, 0.29) is 48.7 Å². The van der Waals surface area contributed by atoms with E-state index in [9.17, 15) is 19.5 Å². The first-order valence-electron chi connectivity index (χ1n) is 13.9. The summed E-state index contributed by atoms with van der Waals surface area (Å²) in [7, 11) is 1.74. The van der Waals surface area contributed by atoms with Gasteiger partial charge >= 0.3 is 0 Å². The highest BCUT2D eigenvalue weighted by molar-refractivity contribution is 8.02. The van der Waals surface area contributed by atoms with E-state index < -0.39 is 22.6 Å². The second-order valence-corrected chi connectivity index (χ2v) is 12.6. The molecular formula is C29H38N6O4S. The summed E-state index contributed by atoms with van der Waals surface area (Å²) in [5.74, 6) is -1.36. The van der Waals surface area contributed by atoms with Crippen LogP contribution in [-0.4, -0.2) is 102 Å². The first-order valence-corrected chi connectivity index (χ1v) is 14.8. The number of aliphatic hydroxyl groups excluding tert-OH is 1. The molecule has 1 aromatic heterocycles. The number of unbranched alkanes of at least 4 members (excludes halogenated alkanes) is 1. The van der Waals surface area contributed by atoms with Gasteiger partial charge in [0, 0.05) is 38.5 Å². The summed E-state index contributed by atoms with van der Waals surface area (Å²) in [6.45, 7) is 11.0. The minimum atomic E-state index is -0.731. The van der Waals surface area contributed by atoms with Gasteiger partial charge in [0.1, 0.15) is 18.2 Å². The first kappa shape index (κ1) is 28.4. The minimum Gasteiger partial charge on any atom is -0.396 e. The number of benzene rings is 1. The Bertz CT molecular complexity index is 1310. The monoisotopic (exact) mass is 566 g/mol. The van der Waals surface area contributed by atoms with Gasteiger partial charge in [0.15, 0.2) is 0 Å².